The van der Waals surface area contributed by atoms with E-state index in [4.69, 9.17) is 4.52 Å². The summed E-state index contributed by atoms with van der Waals surface area (Å²) in [5, 5.41) is 10.5. The van der Waals surface area contributed by atoms with Gasteiger partial charge in [0.25, 0.3) is 13.4 Å². The number of sulfone groups is 1. The average Bonchev–Trinajstić information content (AvgIpc) is 2.27. The molecule has 0 fully saturated rings. The Balaban J connectivity index is 2.98. The van der Waals surface area contributed by atoms with Crippen LogP contribution in [0.15, 0.2) is 29.2 Å². The van der Waals surface area contributed by atoms with Crippen molar-refractivity contribution in [3.63, 3.8) is 0 Å². The van der Waals surface area contributed by atoms with Crippen LogP contribution in [0, 0.1) is 10.1 Å². The Kier molecular flexibility index (Phi) is 4.98. The monoisotopic (exact) mass is 308 g/mol. The van der Waals surface area contributed by atoms with Gasteiger partial charge < -0.3 is 0 Å². The molecule has 7 nitrogen and oxygen atoms in total. The summed E-state index contributed by atoms with van der Waals surface area (Å²) in [4.78, 5) is 19.7. The lowest BCUT2D eigenvalue weighted by atomic mass is 10.3. The molecule has 19 heavy (non-hydrogen) atoms. The van der Waals surface area contributed by atoms with Crippen molar-refractivity contribution >= 4 is 23.2 Å². The Morgan fingerprint density at radius 1 is 1.37 bits per heavy atom. The number of hydrogen-bond donors (Lipinski definition) is 1. The summed E-state index contributed by atoms with van der Waals surface area (Å²) < 4.78 is 29.1. The van der Waals surface area contributed by atoms with Crippen LogP contribution < -0.4 is 0 Å². The molecule has 0 bridgehead atoms. The summed E-state index contributed by atoms with van der Waals surface area (Å²) in [5.74, 6) is 0. The second-order valence-corrected chi connectivity index (χ2v) is 9.06. The Morgan fingerprint density at radius 3 is 2.32 bits per heavy atom. The Labute approximate surface area is 111 Å². The Hall–Kier alpha value is -1.08. The van der Waals surface area contributed by atoms with Gasteiger partial charge in [-0.2, -0.15) is 0 Å². The van der Waals surface area contributed by atoms with E-state index in [1.54, 1.807) is 6.92 Å². The standard InChI is InChI=1S/C10H15NO6PS/c1-3-17-18(2,14)8-19(15,16)10-6-4-9(5-7-10)11(12)13/h4-7,14H,3,8H2,1-2H3/q+1. The minimum Gasteiger partial charge on any atom is -0.258 e. The number of nitro benzene ring substituents is 1. The van der Waals surface area contributed by atoms with E-state index in [0.29, 0.717) is 0 Å². The molecular weight excluding hydrogens is 293 g/mol. The zero-order valence-electron chi connectivity index (χ0n) is 10.5. The molecule has 0 heterocycles. The highest BCUT2D eigenvalue weighted by Gasteiger charge is 2.38. The van der Waals surface area contributed by atoms with E-state index in [1.165, 1.54) is 6.66 Å². The normalized spacial score (nSPS) is 14.9. The van der Waals surface area contributed by atoms with Crippen LogP contribution in [0.4, 0.5) is 5.69 Å². The maximum atomic E-state index is 12.0. The lowest BCUT2D eigenvalue weighted by Gasteiger charge is -2.13. The molecule has 0 aliphatic carbocycles. The van der Waals surface area contributed by atoms with Crippen molar-refractivity contribution in [1.29, 1.82) is 0 Å². The molecule has 0 saturated carbocycles. The van der Waals surface area contributed by atoms with Crippen molar-refractivity contribution in [2.75, 3.05) is 18.8 Å². The average molecular weight is 308 g/mol. The maximum absolute atomic E-state index is 12.0. The van der Waals surface area contributed by atoms with Gasteiger partial charge in [0, 0.05) is 12.1 Å². The molecule has 0 aliphatic heterocycles. The third-order valence-electron chi connectivity index (χ3n) is 2.22. The molecule has 0 radical (unpaired) electrons. The van der Waals surface area contributed by atoms with Gasteiger partial charge in [0.1, 0.15) is 6.66 Å². The number of non-ortho nitro benzene ring substituents is 1. The van der Waals surface area contributed by atoms with Crippen molar-refractivity contribution in [3.8, 4) is 0 Å². The first-order chi connectivity index (χ1) is 8.68. The van der Waals surface area contributed by atoms with Crippen molar-refractivity contribution in [2.45, 2.75) is 11.8 Å². The first-order valence-corrected chi connectivity index (χ1v) is 9.32. The predicted octanol–water partition coefficient (Wildman–Crippen LogP) is 1.83. The van der Waals surface area contributed by atoms with Crippen molar-refractivity contribution in [2.24, 2.45) is 0 Å². The first-order valence-electron chi connectivity index (χ1n) is 5.38. The number of benzene rings is 1. The maximum Gasteiger partial charge on any atom is 0.283 e. The van der Waals surface area contributed by atoms with Gasteiger partial charge in [-0.25, -0.2) is 17.8 Å². The summed E-state index contributed by atoms with van der Waals surface area (Å²) in [5.41, 5.74) is -0.698. The Morgan fingerprint density at radius 2 is 1.89 bits per heavy atom. The van der Waals surface area contributed by atoms with E-state index in [9.17, 15) is 23.4 Å². The lowest BCUT2D eigenvalue weighted by Crippen LogP contribution is -2.12. The van der Waals surface area contributed by atoms with Crippen LogP contribution in [0.1, 0.15) is 6.92 Å². The zero-order valence-corrected chi connectivity index (χ0v) is 12.2. The van der Waals surface area contributed by atoms with E-state index >= 15 is 0 Å². The van der Waals surface area contributed by atoms with Crippen molar-refractivity contribution in [3.05, 3.63) is 34.4 Å². The molecule has 0 spiro atoms. The highest BCUT2D eigenvalue weighted by molar-refractivity contribution is 7.99. The van der Waals surface area contributed by atoms with Gasteiger partial charge in [-0.1, -0.05) is 0 Å². The molecule has 0 aromatic heterocycles. The van der Waals surface area contributed by atoms with Gasteiger partial charge in [-0.15, -0.1) is 0 Å². The first kappa shape index (κ1) is 16.0. The van der Waals surface area contributed by atoms with Crippen molar-refractivity contribution in [1.82, 2.24) is 0 Å². The third-order valence-corrected chi connectivity index (χ3v) is 7.30. The van der Waals surface area contributed by atoms with E-state index in [-0.39, 0.29) is 17.2 Å². The van der Waals surface area contributed by atoms with Gasteiger partial charge in [0.2, 0.25) is 15.3 Å². The van der Waals surface area contributed by atoms with E-state index in [2.05, 4.69) is 0 Å². The molecule has 1 rings (SSSR count). The molecule has 1 atom stereocenters. The van der Waals surface area contributed by atoms with Gasteiger partial charge in [-0.3, -0.25) is 10.1 Å². The van der Waals surface area contributed by atoms with Gasteiger partial charge in [0.15, 0.2) is 0 Å². The van der Waals surface area contributed by atoms with Gasteiger partial charge in [0.05, 0.1) is 16.4 Å². The molecule has 0 saturated heterocycles. The highest BCUT2D eigenvalue weighted by Crippen LogP contribution is 2.53. The number of nitrogens with zero attached hydrogens (tertiary/aromatic N) is 1. The summed E-state index contributed by atoms with van der Waals surface area (Å²) >= 11 is 0. The fourth-order valence-corrected chi connectivity index (χ4v) is 6.00. The molecular formula is C10H15NO6PS+. The van der Waals surface area contributed by atoms with Crippen LogP contribution >= 0.6 is 7.72 Å². The summed E-state index contributed by atoms with van der Waals surface area (Å²) in [7, 11) is -6.71. The number of rotatable bonds is 6. The van der Waals surface area contributed by atoms with Crippen LogP contribution in [-0.2, 0) is 14.4 Å². The second kappa shape index (κ2) is 5.92. The van der Waals surface area contributed by atoms with Crippen LogP contribution in [0.3, 0.4) is 0 Å². The quantitative estimate of drug-likeness (QED) is 0.488. The third kappa shape index (κ3) is 4.50. The summed E-state index contributed by atoms with van der Waals surface area (Å²) in [6, 6.07) is 4.53. The van der Waals surface area contributed by atoms with E-state index in [1.807, 2.05) is 0 Å². The van der Waals surface area contributed by atoms with Crippen molar-refractivity contribution < 1.29 is 22.8 Å². The van der Waals surface area contributed by atoms with Crippen LogP contribution in [0.2, 0.25) is 0 Å². The lowest BCUT2D eigenvalue weighted by molar-refractivity contribution is -0.384. The molecule has 9 heteroatoms. The molecule has 0 amide bonds. The molecule has 1 unspecified atom stereocenters. The molecule has 1 aromatic rings. The zero-order chi connectivity index (χ0) is 14.7. The van der Waals surface area contributed by atoms with E-state index < -0.39 is 28.0 Å². The fraction of sp³-hybridized carbons (Fsp3) is 0.400. The summed E-state index contributed by atoms with van der Waals surface area (Å²) in [6.45, 7) is 3.24. The topological polar surface area (TPSA) is 107 Å². The van der Waals surface area contributed by atoms with Crippen LogP contribution in [0.25, 0.3) is 0 Å². The number of hydrogen-bond acceptors (Lipinski definition) is 6. The fourth-order valence-electron chi connectivity index (χ4n) is 1.48. The van der Waals surface area contributed by atoms with Crippen LogP contribution in [0.5, 0.6) is 0 Å². The van der Waals surface area contributed by atoms with Gasteiger partial charge >= 0.3 is 0 Å². The van der Waals surface area contributed by atoms with Crippen LogP contribution in [-0.4, -0.2) is 37.0 Å². The smallest absolute Gasteiger partial charge is 0.258 e. The second-order valence-electron chi connectivity index (χ2n) is 3.96. The summed E-state index contributed by atoms with van der Waals surface area (Å²) in [6.07, 6.45) is 0. The molecule has 106 valence electrons. The largest absolute Gasteiger partial charge is 0.283 e. The van der Waals surface area contributed by atoms with E-state index in [0.717, 1.165) is 24.3 Å². The Bertz CT molecular complexity index is 554. The van der Waals surface area contributed by atoms with Gasteiger partial charge in [-0.05, 0) is 19.1 Å². The highest BCUT2D eigenvalue weighted by atomic mass is 32.2. The molecule has 1 N–H and O–H groups in total. The predicted molar refractivity (Wildman–Crippen MR) is 71.8 cm³/mol. The minimum atomic E-state index is -3.73. The molecule has 0 aliphatic rings. The minimum absolute atomic E-state index is 0.0712. The molecule has 1 aromatic carbocycles. The number of nitro groups is 1. The SMILES string of the molecule is CCO[P+](C)(O)CS(=O)(=O)c1ccc([N+](=O)[O-])cc1.